The van der Waals surface area contributed by atoms with Gasteiger partial charge in [0.15, 0.2) is 4.90 Å². The molecule has 0 aliphatic heterocycles. The fraction of sp³-hybridized carbons (Fsp3) is 0.500. The highest BCUT2D eigenvalue weighted by molar-refractivity contribution is 8.13. The summed E-state index contributed by atoms with van der Waals surface area (Å²) in [5.74, 6) is -0.348. The van der Waals surface area contributed by atoms with Crippen LogP contribution in [-0.4, -0.2) is 41.9 Å². The van der Waals surface area contributed by atoms with Gasteiger partial charge in [-0.05, 0) is 12.8 Å². The summed E-state index contributed by atoms with van der Waals surface area (Å²) in [7, 11) is 2.41. The molecule has 8 nitrogen and oxygen atoms in total. The molecule has 1 saturated carbocycles. The molecule has 1 aromatic heterocycles. The van der Waals surface area contributed by atoms with Crippen molar-refractivity contribution in [3.8, 4) is 0 Å². The molecule has 1 aromatic rings. The van der Waals surface area contributed by atoms with Crippen molar-refractivity contribution in [2.45, 2.75) is 30.3 Å². The lowest BCUT2D eigenvalue weighted by Crippen LogP contribution is -2.38. The molecule has 0 spiro atoms. The summed E-state index contributed by atoms with van der Waals surface area (Å²) >= 11 is 0. The zero-order chi connectivity index (χ0) is 15.1. The third-order valence-electron chi connectivity index (χ3n) is 3.03. The topological polar surface area (TPSA) is 109 Å². The Hall–Kier alpha value is -1.61. The summed E-state index contributed by atoms with van der Waals surface area (Å²) < 4.78 is 23.2. The molecule has 20 heavy (non-hydrogen) atoms. The van der Waals surface area contributed by atoms with E-state index in [1.807, 2.05) is 4.98 Å². The Labute approximate surface area is 118 Å². The smallest absolute Gasteiger partial charge is 0.328 e. The van der Waals surface area contributed by atoms with Gasteiger partial charge in [0.1, 0.15) is 6.54 Å². The standard InChI is InChI=1S/C10H12ClN3O5S/c1-13(6-2-3-6)8(15)5-14-4-7(20(11,18)19)9(16)12-10(14)17/h4,6H,2-3,5H2,1H3,(H,12,16,17). The van der Waals surface area contributed by atoms with E-state index in [2.05, 4.69) is 0 Å². The Balaban J connectivity index is 2.35. The second-order valence-electron chi connectivity index (χ2n) is 4.55. The van der Waals surface area contributed by atoms with Gasteiger partial charge in [0, 0.05) is 30.0 Å². The maximum absolute atomic E-state index is 11.9. The zero-order valence-corrected chi connectivity index (χ0v) is 12.1. The van der Waals surface area contributed by atoms with Crippen molar-refractivity contribution in [2.24, 2.45) is 0 Å². The van der Waals surface area contributed by atoms with Crippen LogP contribution in [0.25, 0.3) is 0 Å². The van der Waals surface area contributed by atoms with Gasteiger partial charge in [-0.15, -0.1) is 0 Å². The summed E-state index contributed by atoms with van der Waals surface area (Å²) in [6, 6.07) is 0.164. The fourth-order valence-corrected chi connectivity index (χ4v) is 2.56. The minimum Gasteiger partial charge on any atom is -0.341 e. The predicted octanol–water partition coefficient (Wildman–Crippen LogP) is -0.915. The molecular weight excluding hydrogens is 310 g/mol. The van der Waals surface area contributed by atoms with Crippen molar-refractivity contribution in [2.75, 3.05) is 7.05 Å². The number of hydrogen-bond donors (Lipinski definition) is 1. The average molecular weight is 322 g/mol. The van der Waals surface area contributed by atoms with E-state index < -0.39 is 25.2 Å². The first-order valence-electron chi connectivity index (χ1n) is 5.74. The van der Waals surface area contributed by atoms with E-state index in [0.29, 0.717) is 0 Å². The van der Waals surface area contributed by atoms with Crippen molar-refractivity contribution in [1.29, 1.82) is 0 Å². The summed E-state index contributed by atoms with van der Waals surface area (Å²) in [6.07, 6.45) is 2.59. The van der Waals surface area contributed by atoms with E-state index in [4.69, 9.17) is 10.7 Å². The highest BCUT2D eigenvalue weighted by atomic mass is 35.7. The lowest BCUT2D eigenvalue weighted by molar-refractivity contribution is -0.131. The maximum atomic E-state index is 11.9. The van der Waals surface area contributed by atoms with Gasteiger partial charge in [-0.25, -0.2) is 13.2 Å². The van der Waals surface area contributed by atoms with Crippen LogP contribution in [0.4, 0.5) is 0 Å². The Bertz CT molecular complexity index is 762. The van der Waals surface area contributed by atoms with Crippen LogP contribution in [-0.2, 0) is 20.4 Å². The highest BCUT2D eigenvalue weighted by Gasteiger charge is 2.29. The van der Waals surface area contributed by atoms with Gasteiger partial charge in [0.05, 0.1) is 0 Å². The Morgan fingerprint density at radius 1 is 1.50 bits per heavy atom. The van der Waals surface area contributed by atoms with Crippen LogP contribution >= 0.6 is 10.7 Å². The van der Waals surface area contributed by atoms with Crippen molar-refractivity contribution >= 4 is 25.6 Å². The van der Waals surface area contributed by atoms with Crippen LogP contribution in [0.3, 0.4) is 0 Å². The predicted molar refractivity (Wildman–Crippen MR) is 70.2 cm³/mol. The fourth-order valence-electron chi connectivity index (χ4n) is 1.70. The number of hydrogen-bond acceptors (Lipinski definition) is 5. The summed E-state index contributed by atoms with van der Waals surface area (Å²) in [6.45, 7) is -0.359. The third-order valence-corrected chi connectivity index (χ3v) is 4.35. The van der Waals surface area contributed by atoms with Gasteiger partial charge < -0.3 is 4.90 Å². The largest absolute Gasteiger partial charge is 0.341 e. The Morgan fingerprint density at radius 2 is 2.10 bits per heavy atom. The van der Waals surface area contributed by atoms with Crippen molar-refractivity contribution in [1.82, 2.24) is 14.5 Å². The molecule has 1 heterocycles. The van der Waals surface area contributed by atoms with Gasteiger partial charge in [0.25, 0.3) is 14.6 Å². The van der Waals surface area contributed by atoms with E-state index in [1.165, 1.54) is 4.90 Å². The van der Waals surface area contributed by atoms with Crippen LogP contribution in [0, 0.1) is 0 Å². The number of amides is 1. The molecule has 1 fully saturated rings. The first-order valence-corrected chi connectivity index (χ1v) is 8.05. The third kappa shape index (κ3) is 3.10. The van der Waals surface area contributed by atoms with Crippen LogP contribution in [0.2, 0.25) is 0 Å². The van der Waals surface area contributed by atoms with Gasteiger partial charge in [0.2, 0.25) is 5.91 Å². The maximum Gasteiger partial charge on any atom is 0.328 e. The molecule has 1 N–H and O–H groups in total. The number of carbonyl (C=O) groups excluding carboxylic acids is 1. The molecule has 0 radical (unpaired) electrons. The molecule has 2 rings (SSSR count). The first kappa shape index (κ1) is 14.8. The SMILES string of the molecule is CN(C(=O)Cn1cc(S(=O)(=O)Cl)c(=O)[nH]c1=O)C1CC1. The highest BCUT2D eigenvalue weighted by Crippen LogP contribution is 2.25. The van der Waals surface area contributed by atoms with Crippen molar-refractivity contribution < 1.29 is 13.2 Å². The monoisotopic (exact) mass is 321 g/mol. The number of halogens is 1. The quantitative estimate of drug-likeness (QED) is 0.722. The molecular formula is C10H12ClN3O5S. The molecule has 0 saturated heterocycles. The number of rotatable bonds is 4. The van der Waals surface area contributed by atoms with Crippen LogP contribution in [0.1, 0.15) is 12.8 Å². The minimum atomic E-state index is -4.29. The van der Waals surface area contributed by atoms with E-state index >= 15 is 0 Å². The second-order valence-corrected chi connectivity index (χ2v) is 7.09. The number of aromatic nitrogens is 2. The van der Waals surface area contributed by atoms with Crippen LogP contribution < -0.4 is 11.2 Å². The lowest BCUT2D eigenvalue weighted by atomic mass is 10.4. The second kappa shape index (κ2) is 5.06. The van der Waals surface area contributed by atoms with Gasteiger partial charge in [-0.3, -0.25) is 19.1 Å². The molecule has 1 amide bonds. The average Bonchev–Trinajstić information content (AvgIpc) is 3.13. The number of likely N-dealkylation sites (N-methyl/N-ethyl adjacent to an activating group) is 1. The normalized spacial score (nSPS) is 15.1. The number of H-pyrrole nitrogens is 1. The molecule has 0 unspecified atom stereocenters. The molecule has 0 bridgehead atoms. The zero-order valence-electron chi connectivity index (χ0n) is 10.5. The number of nitrogens with zero attached hydrogens (tertiary/aromatic N) is 2. The van der Waals surface area contributed by atoms with Crippen LogP contribution in [0.5, 0.6) is 0 Å². The Kier molecular flexibility index (Phi) is 3.74. The molecule has 0 aromatic carbocycles. The molecule has 10 heteroatoms. The molecule has 1 aliphatic carbocycles. The van der Waals surface area contributed by atoms with Gasteiger partial charge in [-0.2, -0.15) is 0 Å². The van der Waals surface area contributed by atoms with E-state index in [0.717, 1.165) is 23.6 Å². The van der Waals surface area contributed by atoms with E-state index in [9.17, 15) is 22.8 Å². The van der Waals surface area contributed by atoms with E-state index in [1.54, 1.807) is 7.05 Å². The minimum absolute atomic E-state index is 0.164. The molecule has 0 atom stereocenters. The van der Waals surface area contributed by atoms with Crippen LogP contribution in [0.15, 0.2) is 20.7 Å². The van der Waals surface area contributed by atoms with Gasteiger partial charge in [-0.1, -0.05) is 0 Å². The molecule has 110 valence electrons. The number of aromatic amines is 1. The Morgan fingerprint density at radius 3 is 2.60 bits per heavy atom. The number of carbonyl (C=O) groups is 1. The summed E-state index contributed by atoms with van der Waals surface area (Å²) in [5, 5.41) is 0. The van der Waals surface area contributed by atoms with Gasteiger partial charge >= 0.3 is 5.69 Å². The lowest BCUT2D eigenvalue weighted by Gasteiger charge is -2.16. The first-order chi connectivity index (χ1) is 9.20. The molecule has 1 aliphatic rings. The van der Waals surface area contributed by atoms with E-state index in [-0.39, 0.29) is 18.5 Å². The summed E-state index contributed by atoms with van der Waals surface area (Å²) in [4.78, 5) is 37.3. The number of nitrogens with one attached hydrogen (secondary N) is 1. The van der Waals surface area contributed by atoms with Crippen molar-refractivity contribution in [3.63, 3.8) is 0 Å². The summed E-state index contributed by atoms with van der Waals surface area (Å²) in [5.41, 5.74) is -1.97. The van der Waals surface area contributed by atoms with Crippen molar-refractivity contribution in [3.05, 3.63) is 27.0 Å².